The van der Waals surface area contributed by atoms with Crippen molar-refractivity contribution in [1.82, 2.24) is 0 Å². The average Bonchev–Trinajstić information content (AvgIpc) is 1.27. The van der Waals surface area contributed by atoms with E-state index in [-0.39, 0.29) is 0 Å². The predicted molar refractivity (Wildman–Crippen MR) is 46.5 cm³/mol. The van der Waals surface area contributed by atoms with Crippen molar-refractivity contribution in [3.8, 4) is 0 Å². The molecule has 2 unspecified atom stereocenters. The standard InChI is InChI=1S/Ni.2HPS2/c;2*2-1-3/h;2*(H,2,3). The van der Waals surface area contributed by atoms with Gasteiger partial charge in [-0.2, -0.15) is 0 Å². The number of hydrogen-bond acceptors (Lipinski definition) is 2. The Morgan fingerprint density at radius 1 is 1.14 bits per heavy atom. The summed E-state index contributed by atoms with van der Waals surface area (Å²) in [5.41, 5.74) is 0. The monoisotopic (exact) mass is 250 g/mol. The molecule has 0 rings (SSSR count). The van der Waals surface area contributed by atoms with E-state index >= 15 is 0 Å². The number of hydrogen-bond donors (Lipinski definition) is 2. The van der Waals surface area contributed by atoms with E-state index in [2.05, 4.69) is 24.5 Å². The first-order valence-electron chi connectivity index (χ1n) is 1.05. The van der Waals surface area contributed by atoms with E-state index in [4.69, 9.17) is 23.6 Å². The van der Waals surface area contributed by atoms with Gasteiger partial charge in [0.1, 0.15) is 0 Å². The first-order valence-corrected chi connectivity index (χ1v) is 10.4. The van der Waals surface area contributed by atoms with E-state index in [1.807, 2.05) is 0 Å². The van der Waals surface area contributed by atoms with Gasteiger partial charge in [0.25, 0.3) is 0 Å². The molecule has 2 atom stereocenters. The van der Waals surface area contributed by atoms with Crippen LogP contribution < -0.4 is 0 Å². The molecular formula is H2NiP2S4. The zero-order valence-corrected chi connectivity index (χ0v) is 9.12. The Morgan fingerprint density at radius 3 is 1.43 bits per heavy atom. The second-order valence-electron chi connectivity index (χ2n) is 0.469. The van der Waals surface area contributed by atoms with E-state index in [1.165, 1.54) is 12.6 Å². The molecule has 0 aliphatic heterocycles. The molecule has 0 nitrogen and oxygen atoms in total. The quantitative estimate of drug-likeness (QED) is 0.385. The fourth-order valence-corrected chi connectivity index (χ4v) is 15.5. The normalized spacial score (nSPS) is 14.0. The van der Waals surface area contributed by atoms with E-state index in [9.17, 15) is 0 Å². The summed E-state index contributed by atoms with van der Waals surface area (Å²) < 4.78 is -1.15. The summed E-state index contributed by atoms with van der Waals surface area (Å²) in [5.74, 6) is 0. The van der Waals surface area contributed by atoms with Crippen LogP contribution in [0, 0.1) is 0 Å². The minimum absolute atomic E-state index is 0.576. The van der Waals surface area contributed by atoms with E-state index in [1.54, 1.807) is 0 Å². The van der Waals surface area contributed by atoms with Gasteiger partial charge in [-0.1, -0.05) is 0 Å². The summed E-state index contributed by atoms with van der Waals surface area (Å²) >= 11 is 18.8. The van der Waals surface area contributed by atoms with Crippen molar-refractivity contribution in [2.24, 2.45) is 0 Å². The third-order valence-corrected chi connectivity index (χ3v) is 12.0. The molecule has 0 aromatic carbocycles. The van der Waals surface area contributed by atoms with E-state index in [0.717, 1.165) is 0 Å². The van der Waals surface area contributed by atoms with Crippen molar-refractivity contribution in [2.75, 3.05) is 0 Å². The van der Waals surface area contributed by atoms with Gasteiger partial charge in [0.2, 0.25) is 0 Å². The van der Waals surface area contributed by atoms with Crippen LogP contribution in [0.4, 0.5) is 0 Å². The zero-order chi connectivity index (χ0) is 5.86. The van der Waals surface area contributed by atoms with Gasteiger partial charge in [0.15, 0.2) is 0 Å². The Balaban J connectivity index is 4.88. The average molecular weight is 251 g/mol. The summed E-state index contributed by atoms with van der Waals surface area (Å²) in [7, 11) is 0. The van der Waals surface area contributed by atoms with Gasteiger partial charge in [0, 0.05) is 0 Å². The van der Waals surface area contributed by atoms with Crippen LogP contribution in [0.3, 0.4) is 0 Å². The van der Waals surface area contributed by atoms with Gasteiger partial charge in [-0.25, -0.2) is 0 Å². The molecule has 0 saturated carbocycles. The van der Waals surface area contributed by atoms with Crippen LogP contribution in [0.15, 0.2) is 0 Å². The summed E-state index contributed by atoms with van der Waals surface area (Å²) in [5, 5.41) is 0. The Morgan fingerprint density at radius 2 is 1.43 bits per heavy atom. The van der Waals surface area contributed by atoms with Crippen molar-refractivity contribution in [3.63, 3.8) is 0 Å². The molecule has 0 aromatic rings. The Bertz CT molecular complexity index is 178. The van der Waals surface area contributed by atoms with Crippen LogP contribution in [0.25, 0.3) is 0 Å². The first kappa shape index (κ1) is 9.23. The zero-order valence-electron chi connectivity index (χ0n) is 2.92. The molecule has 0 aromatic heterocycles. The summed E-state index contributed by atoms with van der Waals surface area (Å²) in [4.78, 5) is 0. The molecule has 0 bridgehead atoms. The van der Waals surface area contributed by atoms with Gasteiger partial charge in [0.05, 0.1) is 0 Å². The number of rotatable bonds is 0. The fraction of sp³-hybridized carbons (Fsp3) is 0. The van der Waals surface area contributed by atoms with E-state index in [0.29, 0.717) is 0 Å². The number of thiol groups is 2. The summed E-state index contributed by atoms with van der Waals surface area (Å²) in [6.07, 6.45) is 0. The Hall–Kier alpha value is 2.23. The summed E-state index contributed by atoms with van der Waals surface area (Å²) in [6.45, 7) is 0. The topological polar surface area (TPSA) is 0 Å². The molecule has 0 aliphatic carbocycles. The van der Waals surface area contributed by atoms with E-state index < -0.39 is 8.46 Å². The Kier molecular flexibility index (Phi) is 6.67. The van der Waals surface area contributed by atoms with Gasteiger partial charge in [-0.15, -0.1) is 0 Å². The summed E-state index contributed by atoms with van der Waals surface area (Å²) in [6, 6.07) is 0. The second kappa shape index (κ2) is 5.05. The van der Waals surface area contributed by atoms with Crippen molar-refractivity contribution < 1.29 is 12.6 Å². The van der Waals surface area contributed by atoms with Crippen LogP contribution in [-0.4, -0.2) is 0 Å². The third-order valence-electron chi connectivity index (χ3n) is 0.108. The molecule has 0 aliphatic rings. The molecule has 0 fully saturated rings. The van der Waals surface area contributed by atoms with Crippen LogP contribution >= 0.6 is 33.0 Å². The third kappa shape index (κ3) is 8.23. The SMILES string of the molecule is S=[P](S)=[Ni]=[P](=S)S. The van der Waals surface area contributed by atoms with Gasteiger partial charge in [-0.05, 0) is 0 Å². The maximum atomic E-state index is 4.76. The molecule has 46 valence electrons. The van der Waals surface area contributed by atoms with Crippen LogP contribution in [0.1, 0.15) is 0 Å². The first-order chi connectivity index (χ1) is 3.13. The molecule has 0 heterocycles. The molecule has 7 heavy (non-hydrogen) atoms. The Labute approximate surface area is 68.6 Å². The second-order valence-corrected chi connectivity index (χ2v) is 15.7. The molecule has 0 spiro atoms. The minimum atomic E-state index is -0.576. The molecular weight excluding hydrogens is 249 g/mol. The van der Waals surface area contributed by atoms with Crippen molar-refractivity contribution >= 4 is 56.6 Å². The van der Waals surface area contributed by atoms with Crippen LogP contribution in [0.5, 0.6) is 0 Å². The van der Waals surface area contributed by atoms with Crippen molar-refractivity contribution in [2.45, 2.75) is 0 Å². The van der Waals surface area contributed by atoms with Crippen molar-refractivity contribution in [3.05, 3.63) is 0 Å². The van der Waals surface area contributed by atoms with Gasteiger partial charge < -0.3 is 0 Å². The predicted octanol–water partition coefficient (Wildman–Crippen LogP) is 2.48. The fourth-order valence-electron chi connectivity index (χ4n) is 0.0463. The van der Waals surface area contributed by atoms with Crippen molar-refractivity contribution in [1.29, 1.82) is 0 Å². The maximum absolute atomic E-state index is 4.76. The molecule has 0 radical (unpaired) electrons. The van der Waals surface area contributed by atoms with Crippen LogP contribution in [-0.2, 0) is 36.3 Å². The van der Waals surface area contributed by atoms with Gasteiger partial charge in [-0.3, -0.25) is 0 Å². The molecule has 0 saturated heterocycles. The van der Waals surface area contributed by atoms with Crippen LogP contribution in [0.2, 0.25) is 0 Å². The molecule has 0 N–H and O–H groups in total. The van der Waals surface area contributed by atoms with Gasteiger partial charge >= 0.3 is 69.2 Å². The molecule has 7 heteroatoms. The molecule has 0 amide bonds.